The van der Waals surface area contributed by atoms with E-state index in [-0.39, 0.29) is 5.69 Å². The zero-order chi connectivity index (χ0) is 14.9. The number of nitrogens with two attached hydrogens (primary N) is 1. The summed E-state index contributed by atoms with van der Waals surface area (Å²) in [5, 5.41) is 12.5. The van der Waals surface area contributed by atoms with Crippen LogP contribution in [0.5, 0.6) is 0 Å². The predicted octanol–water partition coefficient (Wildman–Crippen LogP) is 1.33. The number of pyridine rings is 1. The Morgan fingerprint density at radius 2 is 2.05 bits per heavy atom. The number of benzene rings is 1. The van der Waals surface area contributed by atoms with Gasteiger partial charge < -0.3 is 16.2 Å². The van der Waals surface area contributed by atoms with Gasteiger partial charge in [0.1, 0.15) is 11.7 Å². The lowest BCUT2D eigenvalue weighted by molar-refractivity contribution is -0.138. The molecule has 2 aromatic rings. The van der Waals surface area contributed by atoms with Gasteiger partial charge in [-0.25, -0.2) is 0 Å². The number of carboxylic acid groups (broad SMARTS) is 1. The quantitative estimate of drug-likeness (QED) is 0.731. The molecule has 0 saturated heterocycles. The number of hydrogen-bond donors (Lipinski definition) is 3. The summed E-state index contributed by atoms with van der Waals surface area (Å²) in [7, 11) is 0. The van der Waals surface area contributed by atoms with Crippen LogP contribution in [-0.2, 0) is 4.79 Å². The first-order valence-electron chi connectivity index (χ1n) is 6.08. The molecule has 0 aliphatic rings. The fourth-order valence-corrected chi connectivity index (χ4v) is 1.97. The fraction of sp³-hybridized carbons (Fsp3) is 0.214. The lowest BCUT2D eigenvalue weighted by atomic mass is 10.0. The molecular formula is C14H15N3O3. The molecule has 1 atom stereocenters. The van der Waals surface area contributed by atoms with Crippen molar-refractivity contribution in [2.75, 3.05) is 5.73 Å². The predicted molar refractivity (Wildman–Crippen MR) is 75.5 cm³/mol. The normalized spacial score (nSPS) is 12.1. The van der Waals surface area contributed by atoms with Gasteiger partial charge in [0.15, 0.2) is 0 Å². The second-order valence-electron chi connectivity index (χ2n) is 4.64. The zero-order valence-corrected chi connectivity index (χ0v) is 11.2. The number of nitrogen functional groups attached to an aromatic ring is 1. The van der Waals surface area contributed by atoms with E-state index in [9.17, 15) is 9.59 Å². The minimum absolute atomic E-state index is 0.172. The van der Waals surface area contributed by atoms with Crippen molar-refractivity contribution >= 4 is 28.3 Å². The van der Waals surface area contributed by atoms with E-state index >= 15 is 0 Å². The summed E-state index contributed by atoms with van der Waals surface area (Å²) in [6.07, 6.45) is 1.48. The van der Waals surface area contributed by atoms with E-state index in [1.165, 1.54) is 13.1 Å². The molecule has 1 unspecified atom stereocenters. The van der Waals surface area contributed by atoms with Crippen LogP contribution in [0.25, 0.3) is 10.8 Å². The van der Waals surface area contributed by atoms with Gasteiger partial charge in [0.2, 0.25) is 0 Å². The lowest BCUT2D eigenvalue weighted by Gasteiger charge is -2.11. The minimum atomic E-state index is -1.10. The van der Waals surface area contributed by atoms with Gasteiger partial charge in [0.05, 0.1) is 0 Å². The van der Waals surface area contributed by atoms with Gasteiger partial charge in [0, 0.05) is 22.7 Å². The monoisotopic (exact) mass is 273 g/mol. The van der Waals surface area contributed by atoms with E-state index in [1.54, 1.807) is 12.1 Å². The molecule has 4 N–H and O–H groups in total. The standard InChI is InChI=1S/C14H15N3O3/c1-7-5-10-9(11(15)6-7)3-4-16-12(10)13(18)17-8(2)14(19)20/h3-6,8H,15H2,1-2H3,(H,17,18)(H,19,20). The molecule has 1 amide bonds. The van der Waals surface area contributed by atoms with E-state index in [4.69, 9.17) is 10.8 Å². The molecule has 0 spiro atoms. The van der Waals surface area contributed by atoms with Gasteiger partial charge in [-0.2, -0.15) is 0 Å². The second kappa shape index (κ2) is 5.16. The number of carboxylic acids is 1. The summed E-state index contributed by atoms with van der Waals surface area (Å²) < 4.78 is 0. The van der Waals surface area contributed by atoms with Crippen LogP contribution in [0, 0.1) is 6.92 Å². The van der Waals surface area contributed by atoms with Crippen molar-refractivity contribution in [3.8, 4) is 0 Å². The Bertz CT molecular complexity index is 697. The van der Waals surface area contributed by atoms with Crippen molar-refractivity contribution in [3.05, 3.63) is 35.7 Å². The van der Waals surface area contributed by atoms with Gasteiger partial charge in [-0.1, -0.05) is 0 Å². The molecule has 1 aromatic heterocycles. The van der Waals surface area contributed by atoms with Gasteiger partial charge in [-0.05, 0) is 37.6 Å². The number of aryl methyl sites for hydroxylation is 1. The fourth-order valence-electron chi connectivity index (χ4n) is 1.97. The molecule has 0 bridgehead atoms. The molecule has 6 nitrogen and oxygen atoms in total. The highest BCUT2D eigenvalue weighted by molar-refractivity contribution is 6.08. The molecule has 2 rings (SSSR count). The molecule has 6 heteroatoms. The molecule has 0 saturated carbocycles. The third-order valence-electron chi connectivity index (χ3n) is 2.99. The smallest absolute Gasteiger partial charge is 0.325 e. The van der Waals surface area contributed by atoms with Gasteiger partial charge in [-0.3, -0.25) is 14.6 Å². The Hall–Kier alpha value is -2.63. The van der Waals surface area contributed by atoms with Crippen LogP contribution in [0.1, 0.15) is 23.0 Å². The molecule has 0 aliphatic heterocycles. The Morgan fingerprint density at radius 1 is 1.35 bits per heavy atom. The maximum absolute atomic E-state index is 12.1. The average Bonchev–Trinajstić information content (AvgIpc) is 2.37. The van der Waals surface area contributed by atoms with Gasteiger partial charge in [0.25, 0.3) is 5.91 Å². The van der Waals surface area contributed by atoms with E-state index in [1.807, 2.05) is 13.0 Å². The first-order chi connectivity index (χ1) is 9.40. The Kier molecular flexibility index (Phi) is 3.56. The maximum atomic E-state index is 12.1. The number of aliphatic carboxylic acids is 1. The van der Waals surface area contributed by atoms with Crippen molar-refractivity contribution in [2.24, 2.45) is 0 Å². The Labute approximate surface area is 115 Å². The van der Waals surface area contributed by atoms with Crippen LogP contribution < -0.4 is 11.1 Å². The molecule has 104 valence electrons. The van der Waals surface area contributed by atoms with Crippen LogP contribution in [0.15, 0.2) is 24.4 Å². The lowest BCUT2D eigenvalue weighted by Crippen LogP contribution is -2.38. The minimum Gasteiger partial charge on any atom is -0.480 e. The molecule has 0 aliphatic carbocycles. The van der Waals surface area contributed by atoms with Crippen LogP contribution in [0.2, 0.25) is 0 Å². The van der Waals surface area contributed by atoms with Crippen molar-refractivity contribution in [1.82, 2.24) is 10.3 Å². The second-order valence-corrected chi connectivity index (χ2v) is 4.64. The Balaban J connectivity index is 2.49. The highest BCUT2D eigenvalue weighted by Gasteiger charge is 2.18. The van der Waals surface area contributed by atoms with Crippen LogP contribution in [0.3, 0.4) is 0 Å². The topological polar surface area (TPSA) is 105 Å². The maximum Gasteiger partial charge on any atom is 0.325 e. The van der Waals surface area contributed by atoms with E-state index < -0.39 is 17.9 Å². The molecule has 20 heavy (non-hydrogen) atoms. The molecular weight excluding hydrogens is 258 g/mol. The van der Waals surface area contributed by atoms with E-state index in [2.05, 4.69) is 10.3 Å². The van der Waals surface area contributed by atoms with Crippen LogP contribution in [0.4, 0.5) is 5.69 Å². The number of rotatable bonds is 3. The summed E-state index contributed by atoms with van der Waals surface area (Å²) in [4.78, 5) is 26.9. The number of amides is 1. The molecule has 0 fully saturated rings. The van der Waals surface area contributed by atoms with Gasteiger partial charge >= 0.3 is 5.97 Å². The average molecular weight is 273 g/mol. The number of fused-ring (bicyclic) bond motifs is 1. The number of hydrogen-bond acceptors (Lipinski definition) is 4. The number of anilines is 1. The Morgan fingerprint density at radius 3 is 2.70 bits per heavy atom. The SMILES string of the molecule is Cc1cc(N)c2ccnc(C(=O)NC(C)C(=O)O)c2c1. The number of nitrogens with zero attached hydrogens (tertiary/aromatic N) is 1. The van der Waals surface area contributed by atoms with E-state index in [0.717, 1.165) is 10.9 Å². The van der Waals surface area contributed by atoms with Crippen molar-refractivity contribution in [3.63, 3.8) is 0 Å². The number of carbonyl (C=O) groups excluding carboxylic acids is 1. The first kappa shape index (κ1) is 13.8. The summed E-state index contributed by atoms with van der Waals surface area (Å²) in [5.41, 5.74) is 7.56. The third kappa shape index (κ3) is 2.54. The zero-order valence-electron chi connectivity index (χ0n) is 11.2. The van der Waals surface area contributed by atoms with Crippen LogP contribution in [-0.4, -0.2) is 28.0 Å². The van der Waals surface area contributed by atoms with Crippen molar-refractivity contribution in [1.29, 1.82) is 0 Å². The highest BCUT2D eigenvalue weighted by Crippen LogP contribution is 2.24. The van der Waals surface area contributed by atoms with E-state index in [0.29, 0.717) is 11.1 Å². The van der Waals surface area contributed by atoms with Crippen molar-refractivity contribution < 1.29 is 14.7 Å². The highest BCUT2D eigenvalue weighted by atomic mass is 16.4. The summed E-state index contributed by atoms with van der Waals surface area (Å²) in [6, 6.07) is 4.35. The first-order valence-corrected chi connectivity index (χ1v) is 6.08. The summed E-state index contributed by atoms with van der Waals surface area (Å²) >= 11 is 0. The largest absolute Gasteiger partial charge is 0.480 e. The number of carbonyl (C=O) groups is 2. The summed E-state index contributed by atoms with van der Waals surface area (Å²) in [6.45, 7) is 3.26. The number of nitrogens with one attached hydrogen (secondary N) is 1. The van der Waals surface area contributed by atoms with Crippen molar-refractivity contribution in [2.45, 2.75) is 19.9 Å². The molecule has 1 aromatic carbocycles. The summed E-state index contributed by atoms with van der Waals surface area (Å²) in [5.74, 6) is -1.63. The molecule has 1 heterocycles. The van der Waals surface area contributed by atoms with Crippen LogP contribution >= 0.6 is 0 Å². The number of aromatic nitrogens is 1. The molecule has 0 radical (unpaired) electrons. The van der Waals surface area contributed by atoms with Gasteiger partial charge in [-0.15, -0.1) is 0 Å². The third-order valence-corrected chi connectivity index (χ3v) is 2.99.